The zero-order valence-corrected chi connectivity index (χ0v) is 8.46. The standard InChI is InChI=1S/C9H15Cl2/c1-2-4-8-5-3-6-9(10,11)7-8/h4,8H,2-3,5-7H2,1H3. The van der Waals surface area contributed by atoms with E-state index >= 15 is 0 Å². The van der Waals surface area contributed by atoms with Crippen LogP contribution in [-0.4, -0.2) is 4.33 Å². The lowest BCUT2D eigenvalue weighted by molar-refractivity contribution is 0.375. The van der Waals surface area contributed by atoms with Crippen molar-refractivity contribution in [3.8, 4) is 0 Å². The van der Waals surface area contributed by atoms with Crippen molar-refractivity contribution >= 4 is 23.2 Å². The Balaban J connectivity index is 2.34. The maximum atomic E-state index is 6.05. The number of hydrogen-bond donors (Lipinski definition) is 0. The molecule has 0 aromatic carbocycles. The van der Waals surface area contributed by atoms with E-state index in [4.69, 9.17) is 23.2 Å². The minimum absolute atomic E-state index is 0.436. The fourth-order valence-electron chi connectivity index (χ4n) is 1.75. The molecule has 0 aliphatic heterocycles. The van der Waals surface area contributed by atoms with E-state index < -0.39 is 4.33 Å². The summed E-state index contributed by atoms with van der Waals surface area (Å²) in [6.45, 7) is 2.17. The number of rotatable bonds is 2. The van der Waals surface area contributed by atoms with E-state index in [1.165, 1.54) is 12.8 Å². The van der Waals surface area contributed by atoms with Crippen LogP contribution in [0, 0.1) is 12.3 Å². The summed E-state index contributed by atoms with van der Waals surface area (Å²) < 4.78 is -0.436. The van der Waals surface area contributed by atoms with Crippen LogP contribution in [0.2, 0.25) is 0 Å². The second kappa shape index (κ2) is 4.00. The van der Waals surface area contributed by atoms with Gasteiger partial charge in [-0.1, -0.05) is 19.8 Å². The highest BCUT2D eigenvalue weighted by atomic mass is 35.5. The summed E-state index contributed by atoms with van der Waals surface area (Å²) in [4.78, 5) is 0. The van der Waals surface area contributed by atoms with Gasteiger partial charge in [-0.3, -0.25) is 0 Å². The van der Waals surface area contributed by atoms with E-state index in [2.05, 4.69) is 13.3 Å². The van der Waals surface area contributed by atoms with E-state index in [0.717, 1.165) is 19.3 Å². The van der Waals surface area contributed by atoms with Crippen molar-refractivity contribution in [1.29, 1.82) is 0 Å². The molecule has 1 fully saturated rings. The van der Waals surface area contributed by atoms with Gasteiger partial charge in [0.1, 0.15) is 4.33 Å². The Bertz CT molecular complexity index is 119. The lowest BCUT2D eigenvalue weighted by Crippen LogP contribution is -2.23. The number of halogens is 2. The van der Waals surface area contributed by atoms with Crippen LogP contribution in [0.3, 0.4) is 0 Å². The maximum absolute atomic E-state index is 6.05. The molecular weight excluding hydrogens is 179 g/mol. The van der Waals surface area contributed by atoms with Crippen molar-refractivity contribution in [2.45, 2.75) is 43.4 Å². The van der Waals surface area contributed by atoms with E-state index in [0.29, 0.717) is 5.92 Å². The highest BCUT2D eigenvalue weighted by Gasteiger charge is 2.31. The van der Waals surface area contributed by atoms with Gasteiger partial charge >= 0.3 is 0 Å². The van der Waals surface area contributed by atoms with Crippen LogP contribution in [0.5, 0.6) is 0 Å². The van der Waals surface area contributed by atoms with E-state index in [-0.39, 0.29) is 0 Å². The van der Waals surface area contributed by atoms with Crippen LogP contribution in [0.1, 0.15) is 39.0 Å². The molecule has 0 spiro atoms. The normalized spacial score (nSPS) is 30.3. The summed E-state index contributed by atoms with van der Waals surface area (Å²) in [5.41, 5.74) is 0. The first-order valence-corrected chi connectivity index (χ1v) is 5.11. The highest BCUT2D eigenvalue weighted by Crippen LogP contribution is 2.41. The SMILES string of the molecule is CC[CH]C1CCCC(Cl)(Cl)C1. The molecule has 0 saturated heterocycles. The van der Waals surface area contributed by atoms with Crippen molar-refractivity contribution < 1.29 is 0 Å². The van der Waals surface area contributed by atoms with Gasteiger partial charge in [0.15, 0.2) is 0 Å². The summed E-state index contributed by atoms with van der Waals surface area (Å²) >= 11 is 12.1. The lowest BCUT2D eigenvalue weighted by atomic mass is 9.86. The smallest absolute Gasteiger partial charge is 0.102 e. The molecule has 0 aromatic rings. The molecule has 1 unspecified atom stereocenters. The molecule has 0 amide bonds. The third-order valence-corrected chi connectivity index (χ3v) is 2.93. The molecule has 2 heteroatoms. The predicted molar refractivity (Wildman–Crippen MR) is 51.0 cm³/mol. The predicted octanol–water partition coefficient (Wildman–Crippen LogP) is 3.96. The fraction of sp³-hybridized carbons (Fsp3) is 0.889. The molecule has 1 aliphatic rings. The van der Waals surface area contributed by atoms with Gasteiger partial charge in [-0.25, -0.2) is 0 Å². The Morgan fingerprint density at radius 1 is 1.55 bits per heavy atom. The molecule has 1 rings (SSSR count). The Morgan fingerprint density at radius 2 is 2.27 bits per heavy atom. The highest BCUT2D eigenvalue weighted by molar-refractivity contribution is 6.48. The zero-order valence-electron chi connectivity index (χ0n) is 6.95. The minimum Gasteiger partial charge on any atom is -0.102 e. The van der Waals surface area contributed by atoms with Gasteiger partial charge in [0.2, 0.25) is 0 Å². The van der Waals surface area contributed by atoms with E-state index in [1.807, 2.05) is 0 Å². The number of alkyl halides is 2. The third kappa shape index (κ3) is 3.21. The number of hydrogen-bond acceptors (Lipinski definition) is 0. The van der Waals surface area contributed by atoms with Crippen LogP contribution in [0.25, 0.3) is 0 Å². The van der Waals surface area contributed by atoms with Crippen LogP contribution in [0.4, 0.5) is 0 Å². The second-order valence-electron chi connectivity index (χ2n) is 3.36. The lowest BCUT2D eigenvalue weighted by Gasteiger charge is -2.30. The zero-order chi connectivity index (χ0) is 8.32. The Hall–Kier alpha value is 0.580. The van der Waals surface area contributed by atoms with Crippen LogP contribution in [0.15, 0.2) is 0 Å². The molecule has 0 N–H and O–H groups in total. The largest absolute Gasteiger partial charge is 0.118 e. The topological polar surface area (TPSA) is 0 Å². The van der Waals surface area contributed by atoms with Crippen LogP contribution < -0.4 is 0 Å². The first-order valence-electron chi connectivity index (χ1n) is 4.35. The summed E-state index contributed by atoms with van der Waals surface area (Å²) in [6, 6.07) is 0. The second-order valence-corrected chi connectivity index (χ2v) is 5.00. The van der Waals surface area contributed by atoms with Crippen molar-refractivity contribution in [2.24, 2.45) is 5.92 Å². The summed E-state index contributed by atoms with van der Waals surface area (Å²) in [5.74, 6) is 0.656. The molecule has 1 radical (unpaired) electrons. The first kappa shape index (κ1) is 9.67. The summed E-state index contributed by atoms with van der Waals surface area (Å²) in [7, 11) is 0. The van der Waals surface area contributed by atoms with Gasteiger partial charge in [-0.05, 0) is 31.6 Å². The average Bonchev–Trinajstić information content (AvgIpc) is 1.85. The maximum Gasteiger partial charge on any atom is 0.118 e. The van der Waals surface area contributed by atoms with Crippen LogP contribution >= 0.6 is 23.2 Å². The summed E-state index contributed by atoms with van der Waals surface area (Å²) in [5, 5.41) is 0. The molecule has 1 saturated carbocycles. The monoisotopic (exact) mass is 193 g/mol. The van der Waals surface area contributed by atoms with Gasteiger partial charge in [0.05, 0.1) is 0 Å². The van der Waals surface area contributed by atoms with Gasteiger partial charge in [-0.15, -0.1) is 23.2 Å². The molecule has 0 heterocycles. The molecule has 1 atom stereocenters. The van der Waals surface area contributed by atoms with Crippen molar-refractivity contribution in [1.82, 2.24) is 0 Å². The van der Waals surface area contributed by atoms with Gasteiger partial charge in [0.25, 0.3) is 0 Å². The Labute approximate surface area is 79.3 Å². The molecule has 0 nitrogen and oxygen atoms in total. The van der Waals surface area contributed by atoms with Crippen molar-refractivity contribution in [2.75, 3.05) is 0 Å². The Morgan fingerprint density at radius 3 is 2.82 bits per heavy atom. The Kier molecular flexibility index (Phi) is 3.52. The van der Waals surface area contributed by atoms with Crippen molar-refractivity contribution in [3.63, 3.8) is 0 Å². The molecular formula is C9H15Cl2. The third-order valence-electron chi connectivity index (χ3n) is 2.25. The van der Waals surface area contributed by atoms with Gasteiger partial charge in [0, 0.05) is 0 Å². The fourth-order valence-corrected chi connectivity index (χ4v) is 2.41. The van der Waals surface area contributed by atoms with Crippen molar-refractivity contribution in [3.05, 3.63) is 6.42 Å². The van der Waals surface area contributed by atoms with Gasteiger partial charge in [-0.2, -0.15) is 0 Å². The molecule has 0 bridgehead atoms. The summed E-state index contributed by atoms with van der Waals surface area (Å²) in [6.07, 6.45) is 7.82. The molecule has 0 aromatic heterocycles. The van der Waals surface area contributed by atoms with E-state index in [9.17, 15) is 0 Å². The van der Waals surface area contributed by atoms with Gasteiger partial charge < -0.3 is 0 Å². The minimum atomic E-state index is -0.436. The first-order chi connectivity index (χ1) is 5.14. The van der Waals surface area contributed by atoms with E-state index in [1.54, 1.807) is 0 Å². The quantitative estimate of drug-likeness (QED) is 0.583. The molecule has 11 heavy (non-hydrogen) atoms. The molecule has 1 aliphatic carbocycles. The van der Waals surface area contributed by atoms with Crippen LogP contribution in [-0.2, 0) is 0 Å². The average molecular weight is 194 g/mol. The molecule has 65 valence electrons.